The minimum absolute atomic E-state index is 0.0895. The van der Waals surface area contributed by atoms with E-state index in [0.29, 0.717) is 21.7 Å². The fraction of sp³-hybridized carbons (Fsp3) is 0.136. The fourth-order valence-corrected chi connectivity index (χ4v) is 3.45. The zero-order valence-corrected chi connectivity index (χ0v) is 16.0. The number of phenols is 1. The summed E-state index contributed by atoms with van der Waals surface area (Å²) in [5.41, 5.74) is 9.97. The number of halogens is 2. The second-order valence-electron chi connectivity index (χ2n) is 6.47. The number of oxime groups is 1. The van der Waals surface area contributed by atoms with E-state index in [4.69, 9.17) is 17.3 Å². The Hall–Kier alpha value is -3.05. The Morgan fingerprint density at radius 3 is 2.43 bits per heavy atom. The van der Waals surface area contributed by atoms with Crippen molar-refractivity contribution < 1.29 is 14.7 Å². The second-order valence-corrected chi connectivity index (χ2v) is 6.88. The van der Waals surface area contributed by atoms with Gasteiger partial charge in [-0.1, -0.05) is 48.3 Å². The third-order valence-corrected chi connectivity index (χ3v) is 4.83. The molecule has 0 saturated heterocycles. The summed E-state index contributed by atoms with van der Waals surface area (Å²) in [4.78, 5) is 0. The van der Waals surface area contributed by atoms with Gasteiger partial charge in [-0.15, -0.1) is 0 Å². The Morgan fingerprint density at radius 1 is 1.07 bits per heavy atom. The summed E-state index contributed by atoms with van der Waals surface area (Å²) < 4.78 is 14.0. The van der Waals surface area contributed by atoms with Gasteiger partial charge in [-0.3, -0.25) is 0 Å². The van der Waals surface area contributed by atoms with Crippen molar-refractivity contribution in [3.05, 3.63) is 76.6 Å². The lowest BCUT2D eigenvalue weighted by atomic mass is 9.87. The Kier molecular flexibility index (Phi) is 5.85. The van der Waals surface area contributed by atoms with Crippen LogP contribution in [0.25, 0.3) is 22.3 Å². The molecule has 0 atom stereocenters. The highest BCUT2D eigenvalue weighted by atomic mass is 35.5. The van der Waals surface area contributed by atoms with Crippen LogP contribution in [0.15, 0.2) is 59.8 Å². The molecule has 28 heavy (non-hydrogen) atoms. The first-order chi connectivity index (χ1) is 13.4. The van der Waals surface area contributed by atoms with Crippen molar-refractivity contribution in [1.82, 2.24) is 0 Å². The van der Waals surface area contributed by atoms with Crippen molar-refractivity contribution >= 4 is 17.4 Å². The topological polar surface area (TPSA) is 78.8 Å². The number of benzene rings is 3. The second kappa shape index (κ2) is 8.31. The molecule has 0 aromatic heterocycles. The van der Waals surface area contributed by atoms with Crippen molar-refractivity contribution in [2.75, 3.05) is 0 Å². The molecule has 0 fully saturated rings. The third-order valence-electron chi connectivity index (χ3n) is 4.50. The maximum atomic E-state index is 14.0. The fourth-order valence-electron chi connectivity index (χ4n) is 3.24. The number of aromatic hydroxyl groups is 1. The minimum Gasteiger partial charge on any atom is -0.508 e. The van der Waals surface area contributed by atoms with Crippen molar-refractivity contribution in [2.24, 2.45) is 10.9 Å². The minimum atomic E-state index is -0.445. The highest BCUT2D eigenvalue weighted by Crippen LogP contribution is 2.40. The van der Waals surface area contributed by atoms with Crippen molar-refractivity contribution in [3.63, 3.8) is 0 Å². The summed E-state index contributed by atoms with van der Waals surface area (Å²) in [6, 6.07) is 14.6. The molecule has 0 aliphatic heterocycles. The van der Waals surface area contributed by atoms with E-state index in [1.165, 1.54) is 18.2 Å². The molecule has 4 N–H and O–H groups in total. The Morgan fingerprint density at radius 2 is 1.79 bits per heavy atom. The summed E-state index contributed by atoms with van der Waals surface area (Å²) in [7, 11) is 0. The number of hydrogen-bond donors (Lipinski definition) is 3. The van der Waals surface area contributed by atoms with Crippen LogP contribution in [0, 0.1) is 5.82 Å². The number of rotatable bonds is 5. The molecule has 3 aromatic carbocycles. The SMILES string of the molecule is CCCc1cc(C(N)=NO)c(-c2cc(F)ccc2Cl)c(-c2ccc(O)cc2)c1. The van der Waals surface area contributed by atoms with Gasteiger partial charge >= 0.3 is 0 Å². The zero-order valence-electron chi connectivity index (χ0n) is 15.3. The average Bonchev–Trinajstić information content (AvgIpc) is 2.69. The van der Waals surface area contributed by atoms with E-state index in [1.54, 1.807) is 24.3 Å². The van der Waals surface area contributed by atoms with Crippen LogP contribution >= 0.6 is 11.6 Å². The predicted molar refractivity (Wildman–Crippen MR) is 110 cm³/mol. The van der Waals surface area contributed by atoms with Gasteiger partial charge in [0.05, 0.1) is 0 Å². The molecule has 0 unspecified atom stereocenters. The molecule has 6 heteroatoms. The molecule has 0 aliphatic rings. The van der Waals surface area contributed by atoms with Gasteiger partial charge in [0.25, 0.3) is 0 Å². The maximum absolute atomic E-state index is 14.0. The first-order valence-corrected chi connectivity index (χ1v) is 9.22. The van der Waals surface area contributed by atoms with Crippen LogP contribution in [0.3, 0.4) is 0 Å². The standard InChI is InChI=1S/C22H20ClFN2O2/c1-2-3-13-10-17(14-4-7-16(27)8-5-14)21(19(11-13)22(25)26-28)18-12-15(24)6-9-20(18)23/h4-12,27-28H,2-3H2,1H3,(H2,25,26). The molecule has 0 spiro atoms. The smallest absolute Gasteiger partial charge is 0.170 e. The molecule has 4 nitrogen and oxygen atoms in total. The van der Waals surface area contributed by atoms with Gasteiger partial charge in [0.2, 0.25) is 0 Å². The number of nitrogens with zero attached hydrogens (tertiary/aromatic N) is 1. The van der Waals surface area contributed by atoms with Crippen LogP contribution in [0.4, 0.5) is 4.39 Å². The highest BCUT2D eigenvalue weighted by molar-refractivity contribution is 6.34. The average molecular weight is 399 g/mol. The molecule has 3 aromatic rings. The molecule has 3 rings (SSSR count). The molecular formula is C22H20ClFN2O2. The van der Waals surface area contributed by atoms with Crippen LogP contribution in [-0.4, -0.2) is 16.1 Å². The van der Waals surface area contributed by atoms with Crippen LogP contribution < -0.4 is 5.73 Å². The number of nitrogens with two attached hydrogens (primary N) is 1. The van der Waals surface area contributed by atoms with Crippen LogP contribution in [-0.2, 0) is 6.42 Å². The Bertz CT molecular complexity index is 1030. The van der Waals surface area contributed by atoms with Crippen molar-refractivity contribution in [2.45, 2.75) is 19.8 Å². The molecular weight excluding hydrogens is 379 g/mol. The zero-order chi connectivity index (χ0) is 20.3. The number of amidine groups is 1. The van der Waals surface area contributed by atoms with E-state index in [2.05, 4.69) is 12.1 Å². The number of aryl methyl sites for hydroxylation is 1. The van der Waals surface area contributed by atoms with Crippen molar-refractivity contribution in [3.8, 4) is 28.0 Å². The highest BCUT2D eigenvalue weighted by Gasteiger charge is 2.20. The lowest BCUT2D eigenvalue weighted by molar-refractivity contribution is 0.318. The normalized spacial score (nSPS) is 11.6. The van der Waals surface area contributed by atoms with Crippen molar-refractivity contribution in [1.29, 1.82) is 0 Å². The first-order valence-electron chi connectivity index (χ1n) is 8.84. The van der Waals surface area contributed by atoms with Gasteiger partial charge in [0, 0.05) is 21.7 Å². The van der Waals surface area contributed by atoms with Gasteiger partial charge < -0.3 is 16.0 Å². The maximum Gasteiger partial charge on any atom is 0.170 e. The quantitative estimate of drug-likeness (QED) is 0.227. The number of phenolic OH excluding ortho intramolecular Hbond substituents is 1. The molecule has 0 radical (unpaired) electrons. The summed E-state index contributed by atoms with van der Waals surface area (Å²) in [5.74, 6) is -0.400. The van der Waals surface area contributed by atoms with E-state index in [0.717, 1.165) is 29.5 Å². The summed E-state index contributed by atoms with van der Waals surface area (Å²) in [6.07, 6.45) is 1.69. The lowest BCUT2D eigenvalue weighted by Crippen LogP contribution is -2.16. The molecule has 0 amide bonds. The lowest BCUT2D eigenvalue weighted by Gasteiger charge is -2.18. The predicted octanol–water partition coefficient (Wildman–Crippen LogP) is 5.57. The summed E-state index contributed by atoms with van der Waals surface area (Å²) >= 11 is 6.39. The molecule has 144 valence electrons. The van der Waals surface area contributed by atoms with Crippen LogP contribution in [0.2, 0.25) is 5.02 Å². The van der Waals surface area contributed by atoms with E-state index in [9.17, 15) is 14.7 Å². The van der Waals surface area contributed by atoms with E-state index < -0.39 is 5.82 Å². The molecule has 0 bridgehead atoms. The molecule has 0 heterocycles. The summed E-state index contributed by atoms with van der Waals surface area (Å²) in [5, 5.41) is 22.5. The summed E-state index contributed by atoms with van der Waals surface area (Å²) in [6.45, 7) is 2.06. The molecule has 0 saturated carbocycles. The monoisotopic (exact) mass is 398 g/mol. The van der Waals surface area contributed by atoms with Gasteiger partial charge in [-0.05, 0) is 59.5 Å². The van der Waals surface area contributed by atoms with Crippen LogP contribution in [0.1, 0.15) is 24.5 Å². The van der Waals surface area contributed by atoms with E-state index in [-0.39, 0.29) is 11.6 Å². The third kappa shape index (κ3) is 3.94. The van der Waals surface area contributed by atoms with Gasteiger partial charge in [-0.25, -0.2) is 4.39 Å². The van der Waals surface area contributed by atoms with Gasteiger partial charge in [-0.2, -0.15) is 0 Å². The van der Waals surface area contributed by atoms with Gasteiger partial charge in [0.15, 0.2) is 5.84 Å². The van der Waals surface area contributed by atoms with Gasteiger partial charge in [0.1, 0.15) is 11.6 Å². The van der Waals surface area contributed by atoms with Crippen LogP contribution in [0.5, 0.6) is 5.75 Å². The first kappa shape index (κ1) is 19.7. The Labute approximate surface area is 167 Å². The van der Waals surface area contributed by atoms with E-state index >= 15 is 0 Å². The largest absolute Gasteiger partial charge is 0.508 e. The molecule has 0 aliphatic carbocycles. The van der Waals surface area contributed by atoms with E-state index in [1.807, 2.05) is 12.1 Å². The number of hydrogen-bond acceptors (Lipinski definition) is 3. The Balaban J connectivity index is 2.42.